The molecule has 5 nitrogen and oxygen atoms in total. The van der Waals surface area contributed by atoms with Crippen molar-refractivity contribution in [3.05, 3.63) is 51.7 Å². The highest BCUT2D eigenvalue weighted by molar-refractivity contribution is 7.89. The van der Waals surface area contributed by atoms with Crippen LogP contribution in [0.4, 0.5) is 0 Å². The Labute approximate surface area is 140 Å². The van der Waals surface area contributed by atoms with Gasteiger partial charge in [-0.25, -0.2) is 13.1 Å². The number of hydrogen-bond acceptors (Lipinski definition) is 5. The van der Waals surface area contributed by atoms with Gasteiger partial charge in [0.25, 0.3) is 0 Å². The summed E-state index contributed by atoms with van der Waals surface area (Å²) in [7, 11) is -2.46. The van der Waals surface area contributed by atoms with Gasteiger partial charge >= 0.3 is 5.97 Å². The number of carbonyl (C=O) groups is 1. The lowest BCUT2D eigenvalue weighted by atomic mass is 10.2. The molecule has 1 aromatic heterocycles. The maximum Gasteiger partial charge on any atom is 0.307 e. The van der Waals surface area contributed by atoms with Gasteiger partial charge in [0.2, 0.25) is 10.0 Å². The maximum absolute atomic E-state index is 12.7. The number of methoxy groups -OCH3 is 1. The van der Waals surface area contributed by atoms with Gasteiger partial charge in [-0.15, -0.1) is 11.3 Å². The zero-order chi connectivity index (χ0) is 17.0. The molecule has 1 unspecified atom stereocenters. The standard InChI is InChI=1S/C16H19NO4S2/c1-11-6-7-12(2)15(9-11)23(19,20)17-13(10-16(18)21-3)14-5-4-8-22-14/h4-9,13,17H,10H2,1-3H3. The van der Waals surface area contributed by atoms with Crippen molar-refractivity contribution in [2.45, 2.75) is 31.2 Å². The zero-order valence-corrected chi connectivity index (χ0v) is 14.8. The number of nitrogens with one attached hydrogen (secondary N) is 1. The Hall–Kier alpha value is -1.70. The number of sulfonamides is 1. The normalized spacial score (nSPS) is 12.8. The van der Waals surface area contributed by atoms with Crippen LogP contribution in [0.2, 0.25) is 0 Å². The molecule has 1 N–H and O–H groups in total. The minimum absolute atomic E-state index is 0.0545. The SMILES string of the molecule is COC(=O)CC(NS(=O)(=O)c1cc(C)ccc1C)c1cccs1. The van der Waals surface area contributed by atoms with E-state index in [9.17, 15) is 13.2 Å². The summed E-state index contributed by atoms with van der Waals surface area (Å²) in [4.78, 5) is 12.6. The fourth-order valence-electron chi connectivity index (χ4n) is 2.19. The molecule has 1 aromatic carbocycles. The summed E-state index contributed by atoms with van der Waals surface area (Å²) >= 11 is 1.39. The Bertz CT molecular complexity index is 782. The molecule has 1 atom stereocenters. The third-order valence-electron chi connectivity index (χ3n) is 3.42. The summed E-state index contributed by atoms with van der Waals surface area (Å²) in [5.41, 5.74) is 1.52. The molecule has 0 saturated heterocycles. The van der Waals surface area contributed by atoms with Crippen LogP contribution in [-0.2, 0) is 19.6 Å². The van der Waals surface area contributed by atoms with Crippen molar-refractivity contribution in [1.29, 1.82) is 0 Å². The average Bonchev–Trinajstić information content (AvgIpc) is 3.03. The van der Waals surface area contributed by atoms with Crippen molar-refractivity contribution in [1.82, 2.24) is 4.72 Å². The second kappa shape index (κ2) is 7.25. The second-order valence-electron chi connectivity index (χ2n) is 5.24. The van der Waals surface area contributed by atoms with Crippen molar-refractivity contribution in [3.8, 4) is 0 Å². The molecule has 1 heterocycles. The van der Waals surface area contributed by atoms with E-state index in [1.807, 2.05) is 24.4 Å². The number of benzene rings is 1. The summed E-state index contributed by atoms with van der Waals surface area (Å²) in [6.45, 7) is 3.58. The first-order valence-corrected chi connectivity index (χ1v) is 9.39. The number of esters is 1. The van der Waals surface area contributed by atoms with E-state index in [0.29, 0.717) is 5.56 Å². The first kappa shape index (κ1) is 17.7. The van der Waals surface area contributed by atoms with Gasteiger partial charge in [-0.05, 0) is 42.5 Å². The van der Waals surface area contributed by atoms with Crippen molar-refractivity contribution >= 4 is 27.3 Å². The zero-order valence-electron chi connectivity index (χ0n) is 13.2. The van der Waals surface area contributed by atoms with E-state index in [1.165, 1.54) is 18.4 Å². The van der Waals surface area contributed by atoms with Crippen molar-refractivity contribution in [2.75, 3.05) is 7.11 Å². The molecule has 0 bridgehead atoms. The highest BCUT2D eigenvalue weighted by atomic mass is 32.2. The van der Waals surface area contributed by atoms with Crippen LogP contribution >= 0.6 is 11.3 Å². The van der Waals surface area contributed by atoms with Crippen molar-refractivity contribution in [2.24, 2.45) is 0 Å². The van der Waals surface area contributed by atoms with Gasteiger partial charge in [-0.3, -0.25) is 4.79 Å². The van der Waals surface area contributed by atoms with Crippen LogP contribution in [0.5, 0.6) is 0 Å². The highest BCUT2D eigenvalue weighted by Crippen LogP contribution is 2.26. The Morgan fingerprint density at radius 1 is 1.30 bits per heavy atom. The van der Waals surface area contributed by atoms with Gasteiger partial charge in [-0.1, -0.05) is 18.2 Å². The van der Waals surface area contributed by atoms with Crippen LogP contribution in [-0.4, -0.2) is 21.5 Å². The topological polar surface area (TPSA) is 72.5 Å². The molecule has 0 spiro atoms. The smallest absolute Gasteiger partial charge is 0.307 e. The molecular formula is C16H19NO4S2. The molecule has 0 radical (unpaired) electrons. The minimum Gasteiger partial charge on any atom is -0.469 e. The summed E-state index contributed by atoms with van der Waals surface area (Å²) < 4.78 is 32.7. The van der Waals surface area contributed by atoms with E-state index >= 15 is 0 Å². The number of thiophene rings is 1. The Kier molecular flexibility index (Phi) is 5.56. The minimum atomic E-state index is -3.74. The van der Waals surface area contributed by atoms with Gasteiger partial charge in [0, 0.05) is 4.88 Å². The van der Waals surface area contributed by atoms with E-state index in [2.05, 4.69) is 9.46 Å². The highest BCUT2D eigenvalue weighted by Gasteiger charge is 2.26. The fraction of sp³-hybridized carbons (Fsp3) is 0.312. The summed E-state index contributed by atoms with van der Waals surface area (Å²) in [5, 5.41) is 1.84. The van der Waals surface area contributed by atoms with E-state index < -0.39 is 22.0 Å². The molecule has 2 aromatic rings. The molecule has 0 fully saturated rings. The predicted octanol–water partition coefficient (Wildman–Crippen LogP) is 2.95. The van der Waals surface area contributed by atoms with Gasteiger partial charge in [0.05, 0.1) is 24.5 Å². The van der Waals surface area contributed by atoms with Gasteiger partial charge in [0.1, 0.15) is 0 Å². The molecule has 0 aliphatic carbocycles. The lowest BCUT2D eigenvalue weighted by Crippen LogP contribution is -2.30. The van der Waals surface area contributed by atoms with E-state index in [4.69, 9.17) is 0 Å². The van der Waals surface area contributed by atoms with Crippen LogP contribution in [0.15, 0.2) is 40.6 Å². The summed E-state index contributed by atoms with van der Waals surface area (Å²) in [5.74, 6) is -0.466. The quantitative estimate of drug-likeness (QED) is 0.811. The molecule has 23 heavy (non-hydrogen) atoms. The van der Waals surface area contributed by atoms with Gasteiger partial charge in [-0.2, -0.15) is 0 Å². The fourth-order valence-corrected chi connectivity index (χ4v) is 4.58. The predicted molar refractivity (Wildman–Crippen MR) is 89.9 cm³/mol. The van der Waals surface area contributed by atoms with E-state index in [-0.39, 0.29) is 11.3 Å². The Morgan fingerprint density at radius 3 is 2.65 bits per heavy atom. The number of ether oxygens (including phenoxy) is 1. The molecule has 0 amide bonds. The molecular weight excluding hydrogens is 334 g/mol. The van der Waals surface area contributed by atoms with Crippen LogP contribution in [0.3, 0.4) is 0 Å². The molecule has 0 aliphatic rings. The maximum atomic E-state index is 12.7. The number of aryl methyl sites for hydroxylation is 2. The summed E-state index contributed by atoms with van der Waals surface area (Å²) in [6, 6.07) is 8.22. The lowest BCUT2D eigenvalue weighted by Gasteiger charge is -2.18. The van der Waals surface area contributed by atoms with Crippen LogP contribution in [0.1, 0.15) is 28.5 Å². The van der Waals surface area contributed by atoms with Gasteiger partial charge in [0.15, 0.2) is 0 Å². The Balaban J connectivity index is 2.34. The van der Waals surface area contributed by atoms with E-state index in [0.717, 1.165) is 10.4 Å². The van der Waals surface area contributed by atoms with Crippen LogP contribution < -0.4 is 4.72 Å². The third kappa shape index (κ3) is 4.40. The lowest BCUT2D eigenvalue weighted by molar-refractivity contribution is -0.141. The van der Waals surface area contributed by atoms with Crippen LogP contribution in [0.25, 0.3) is 0 Å². The molecule has 0 aliphatic heterocycles. The number of hydrogen-bond donors (Lipinski definition) is 1. The Morgan fingerprint density at radius 2 is 2.04 bits per heavy atom. The third-order valence-corrected chi connectivity index (χ3v) is 6.02. The molecule has 2 rings (SSSR count). The average molecular weight is 353 g/mol. The first-order valence-electron chi connectivity index (χ1n) is 7.03. The monoisotopic (exact) mass is 353 g/mol. The molecule has 124 valence electrons. The second-order valence-corrected chi connectivity index (χ2v) is 7.90. The van der Waals surface area contributed by atoms with Crippen molar-refractivity contribution in [3.63, 3.8) is 0 Å². The van der Waals surface area contributed by atoms with Crippen LogP contribution in [0, 0.1) is 13.8 Å². The number of carbonyl (C=O) groups excluding carboxylic acids is 1. The van der Waals surface area contributed by atoms with E-state index in [1.54, 1.807) is 25.1 Å². The number of rotatable bonds is 6. The molecule has 7 heteroatoms. The first-order chi connectivity index (χ1) is 10.8. The van der Waals surface area contributed by atoms with Gasteiger partial charge < -0.3 is 4.74 Å². The molecule has 0 saturated carbocycles. The largest absolute Gasteiger partial charge is 0.469 e. The van der Waals surface area contributed by atoms with Crippen molar-refractivity contribution < 1.29 is 17.9 Å². The summed E-state index contributed by atoms with van der Waals surface area (Å²) in [6.07, 6.45) is -0.0545.